The summed E-state index contributed by atoms with van der Waals surface area (Å²) >= 11 is 3.49. The number of hydrogen-bond donors (Lipinski definition) is 3. The summed E-state index contributed by atoms with van der Waals surface area (Å²) in [6.07, 6.45) is 0.492. The van der Waals surface area contributed by atoms with Crippen molar-refractivity contribution in [1.82, 2.24) is 5.32 Å². The SMILES string of the molecule is COc1ccc(Br)c(CNC(CC(C)C)C(=O)O)c1OCC(=O)Nc1ccc(C)cc1. The summed E-state index contributed by atoms with van der Waals surface area (Å²) in [5, 5.41) is 15.3. The molecule has 168 valence electrons. The molecule has 3 N–H and O–H groups in total. The number of carboxylic acids is 1. The van der Waals surface area contributed by atoms with Crippen LogP contribution in [-0.2, 0) is 16.1 Å². The number of methoxy groups -OCH3 is 1. The third-order valence-electron chi connectivity index (χ3n) is 4.60. The largest absolute Gasteiger partial charge is 0.493 e. The highest BCUT2D eigenvalue weighted by atomic mass is 79.9. The van der Waals surface area contributed by atoms with Gasteiger partial charge in [0.25, 0.3) is 5.91 Å². The van der Waals surface area contributed by atoms with Gasteiger partial charge in [0.05, 0.1) is 7.11 Å². The van der Waals surface area contributed by atoms with Gasteiger partial charge in [-0.25, -0.2) is 0 Å². The third kappa shape index (κ3) is 7.56. The molecule has 0 aromatic heterocycles. The Hall–Kier alpha value is -2.58. The molecule has 2 rings (SSSR count). The maximum atomic E-state index is 12.4. The first-order valence-electron chi connectivity index (χ1n) is 10.0. The van der Waals surface area contributed by atoms with Crippen LogP contribution in [0, 0.1) is 12.8 Å². The van der Waals surface area contributed by atoms with Gasteiger partial charge in [-0.3, -0.25) is 9.59 Å². The van der Waals surface area contributed by atoms with Gasteiger partial charge in [-0.05, 0) is 43.5 Å². The van der Waals surface area contributed by atoms with E-state index in [-0.39, 0.29) is 25.0 Å². The standard InChI is InChI=1S/C23H29BrN2O5/c1-14(2)11-19(23(28)29)25-12-17-18(24)9-10-20(30-4)22(17)31-13-21(27)26-16-7-5-15(3)6-8-16/h5-10,14,19,25H,11-13H2,1-4H3,(H,26,27)(H,28,29). The van der Waals surface area contributed by atoms with Gasteiger partial charge in [0.15, 0.2) is 18.1 Å². The summed E-state index contributed by atoms with van der Waals surface area (Å²) < 4.78 is 11.9. The number of ether oxygens (including phenoxy) is 2. The van der Waals surface area contributed by atoms with E-state index in [0.717, 1.165) is 10.0 Å². The quantitative estimate of drug-likeness (QED) is 0.430. The van der Waals surface area contributed by atoms with Gasteiger partial charge in [0.1, 0.15) is 6.04 Å². The highest BCUT2D eigenvalue weighted by Crippen LogP contribution is 2.36. The zero-order valence-corrected chi connectivity index (χ0v) is 19.8. The van der Waals surface area contributed by atoms with Crippen LogP contribution in [0.25, 0.3) is 0 Å². The maximum absolute atomic E-state index is 12.4. The predicted octanol–water partition coefficient (Wildman–Crippen LogP) is 4.37. The van der Waals surface area contributed by atoms with Crippen molar-refractivity contribution < 1.29 is 24.2 Å². The summed E-state index contributed by atoms with van der Waals surface area (Å²) in [5.74, 6) is -0.153. The molecule has 2 aromatic carbocycles. The predicted molar refractivity (Wildman–Crippen MR) is 124 cm³/mol. The fourth-order valence-electron chi connectivity index (χ4n) is 3.01. The number of carbonyl (C=O) groups is 2. The summed E-state index contributed by atoms with van der Waals surface area (Å²) in [5.41, 5.74) is 2.46. The van der Waals surface area contributed by atoms with E-state index in [9.17, 15) is 14.7 Å². The van der Waals surface area contributed by atoms with Crippen molar-refractivity contribution >= 4 is 33.5 Å². The molecule has 1 unspecified atom stereocenters. The maximum Gasteiger partial charge on any atom is 0.320 e. The molecule has 8 heteroatoms. The van der Waals surface area contributed by atoms with Crippen molar-refractivity contribution in [2.24, 2.45) is 5.92 Å². The molecule has 0 aliphatic heterocycles. The number of rotatable bonds is 11. The number of anilines is 1. The van der Waals surface area contributed by atoms with Crippen LogP contribution in [0.2, 0.25) is 0 Å². The van der Waals surface area contributed by atoms with Crippen molar-refractivity contribution in [1.29, 1.82) is 0 Å². The van der Waals surface area contributed by atoms with Crippen molar-refractivity contribution in [3.05, 3.63) is 52.0 Å². The molecule has 0 saturated heterocycles. The Morgan fingerprint density at radius 2 is 1.81 bits per heavy atom. The van der Waals surface area contributed by atoms with E-state index >= 15 is 0 Å². The van der Waals surface area contributed by atoms with Crippen LogP contribution in [-0.4, -0.2) is 36.7 Å². The van der Waals surface area contributed by atoms with E-state index in [4.69, 9.17) is 9.47 Å². The van der Waals surface area contributed by atoms with Crippen LogP contribution in [0.5, 0.6) is 11.5 Å². The van der Waals surface area contributed by atoms with Crippen LogP contribution in [0.1, 0.15) is 31.4 Å². The number of hydrogen-bond acceptors (Lipinski definition) is 5. The number of nitrogens with one attached hydrogen (secondary N) is 2. The second kappa shape index (κ2) is 11.7. The van der Waals surface area contributed by atoms with E-state index in [0.29, 0.717) is 29.2 Å². The smallest absolute Gasteiger partial charge is 0.320 e. The molecular weight excluding hydrogens is 464 g/mol. The summed E-state index contributed by atoms with van der Waals surface area (Å²) in [4.78, 5) is 23.9. The molecule has 0 aliphatic rings. The van der Waals surface area contributed by atoms with Gasteiger partial charge in [-0.15, -0.1) is 0 Å². The minimum absolute atomic E-state index is 0.220. The molecule has 0 saturated carbocycles. The van der Waals surface area contributed by atoms with E-state index < -0.39 is 12.0 Å². The zero-order chi connectivity index (χ0) is 23.0. The van der Waals surface area contributed by atoms with Crippen molar-refractivity contribution in [2.45, 2.75) is 39.8 Å². The molecule has 1 amide bonds. The Morgan fingerprint density at radius 3 is 2.39 bits per heavy atom. The number of aryl methyl sites for hydroxylation is 1. The van der Waals surface area contributed by atoms with Crippen LogP contribution in [0.15, 0.2) is 40.9 Å². The molecular formula is C23H29BrN2O5. The lowest BCUT2D eigenvalue weighted by Crippen LogP contribution is -2.37. The minimum atomic E-state index is -0.910. The number of amides is 1. The van der Waals surface area contributed by atoms with Crippen LogP contribution in [0.4, 0.5) is 5.69 Å². The van der Waals surface area contributed by atoms with Gasteiger partial charge < -0.3 is 25.2 Å². The Balaban J connectivity index is 2.13. The minimum Gasteiger partial charge on any atom is -0.493 e. The van der Waals surface area contributed by atoms with Gasteiger partial charge in [0.2, 0.25) is 0 Å². The Kier molecular flexibility index (Phi) is 9.33. The fraction of sp³-hybridized carbons (Fsp3) is 0.391. The number of aliphatic carboxylic acids is 1. The lowest BCUT2D eigenvalue weighted by atomic mass is 10.0. The van der Waals surface area contributed by atoms with Crippen LogP contribution in [0.3, 0.4) is 0 Å². The number of carbonyl (C=O) groups excluding carboxylic acids is 1. The molecule has 0 heterocycles. The molecule has 0 fully saturated rings. The Labute approximate surface area is 191 Å². The second-order valence-electron chi connectivity index (χ2n) is 7.66. The lowest BCUT2D eigenvalue weighted by Gasteiger charge is -2.20. The second-order valence-corrected chi connectivity index (χ2v) is 8.52. The molecule has 31 heavy (non-hydrogen) atoms. The summed E-state index contributed by atoms with van der Waals surface area (Å²) in [7, 11) is 1.51. The average Bonchev–Trinajstić information content (AvgIpc) is 2.71. The number of benzene rings is 2. The number of halogens is 1. The third-order valence-corrected chi connectivity index (χ3v) is 5.34. The first kappa shape index (κ1) is 24.7. The molecule has 7 nitrogen and oxygen atoms in total. The first-order chi connectivity index (χ1) is 14.7. The molecule has 0 aliphatic carbocycles. The highest BCUT2D eigenvalue weighted by molar-refractivity contribution is 9.10. The van der Waals surface area contributed by atoms with Gasteiger partial charge >= 0.3 is 5.97 Å². The van der Waals surface area contributed by atoms with Crippen LogP contribution < -0.4 is 20.1 Å². The molecule has 1 atom stereocenters. The van der Waals surface area contributed by atoms with E-state index in [1.165, 1.54) is 7.11 Å². The topological polar surface area (TPSA) is 96.9 Å². The van der Waals surface area contributed by atoms with Gasteiger partial charge in [-0.1, -0.05) is 47.5 Å². The van der Waals surface area contributed by atoms with E-state index in [2.05, 4.69) is 26.6 Å². The molecule has 2 aromatic rings. The lowest BCUT2D eigenvalue weighted by molar-refractivity contribution is -0.140. The monoisotopic (exact) mass is 492 g/mol. The van der Waals surface area contributed by atoms with E-state index in [1.54, 1.807) is 12.1 Å². The van der Waals surface area contributed by atoms with Crippen molar-refractivity contribution in [3.63, 3.8) is 0 Å². The van der Waals surface area contributed by atoms with Crippen molar-refractivity contribution in [3.8, 4) is 11.5 Å². The molecule has 0 radical (unpaired) electrons. The Bertz CT molecular complexity index is 900. The molecule has 0 spiro atoms. The normalized spacial score (nSPS) is 11.8. The average molecular weight is 493 g/mol. The van der Waals surface area contributed by atoms with Gasteiger partial charge in [-0.2, -0.15) is 0 Å². The van der Waals surface area contributed by atoms with Crippen LogP contribution >= 0.6 is 15.9 Å². The van der Waals surface area contributed by atoms with E-state index in [1.807, 2.05) is 45.0 Å². The highest BCUT2D eigenvalue weighted by Gasteiger charge is 2.21. The fourth-order valence-corrected chi connectivity index (χ4v) is 3.46. The van der Waals surface area contributed by atoms with Gasteiger partial charge in [0, 0.05) is 22.3 Å². The Morgan fingerprint density at radius 1 is 1.13 bits per heavy atom. The number of carboxylic acid groups (broad SMARTS) is 1. The zero-order valence-electron chi connectivity index (χ0n) is 18.2. The molecule has 0 bridgehead atoms. The summed E-state index contributed by atoms with van der Waals surface area (Å²) in [6.45, 7) is 5.93. The first-order valence-corrected chi connectivity index (χ1v) is 10.8. The van der Waals surface area contributed by atoms with Crippen molar-refractivity contribution in [2.75, 3.05) is 19.0 Å². The summed E-state index contributed by atoms with van der Waals surface area (Å²) in [6, 6.07) is 10.3.